The quantitative estimate of drug-likeness (QED) is 0.464. The highest BCUT2D eigenvalue weighted by Gasteiger charge is 2.30. The van der Waals surface area contributed by atoms with Crippen molar-refractivity contribution in [2.75, 3.05) is 5.32 Å². The van der Waals surface area contributed by atoms with Gasteiger partial charge >= 0.3 is 6.18 Å². The van der Waals surface area contributed by atoms with Crippen molar-refractivity contribution in [2.45, 2.75) is 6.18 Å². The zero-order valence-electron chi connectivity index (χ0n) is 15.6. The Morgan fingerprint density at radius 2 is 1.43 bits per heavy atom. The van der Waals surface area contributed by atoms with Crippen LogP contribution in [0, 0.1) is 0 Å². The van der Waals surface area contributed by atoms with Gasteiger partial charge in [0.25, 0.3) is 5.91 Å². The lowest BCUT2D eigenvalue weighted by Gasteiger charge is -2.10. The maximum absolute atomic E-state index is 12.9. The minimum absolute atomic E-state index is 0.259. The Balaban J connectivity index is 1.68. The number of hydrogen-bond donors (Lipinski definition) is 1. The van der Waals surface area contributed by atoms with Crippen LogP contribution in [0.15, 0.2) is 91.0 Å². The van der Waals surface area contributed by atoms with E-state index in [9.17, 15) is 18.0 Å². The maximum Gasteiger partial charge on any atom is 0.416 e. The SMILES string of the molecule is O=C(Nc1ccc(C(F)(F)F)cc1)c1cc(-c2ccccc2)nn1-c1ccccc1. The highest BCUT2D eigenvalue weighted by molar-refractivity contribution is 6.04. The molecule has 0 aliphatic heterocycles. The van der Waals surface area contributed by atoms with Gasteiger partial charge in [0.1, 0.15) is 5.69 Å². The smallest absolute Gasteiger partial charge is 0.321 e. The molecule has 4 rings (SSSR count). The molecular weight excluding hydrogens is 391 g/mol. The number of nitrogens with one attached hydrogen (secondary N) is 1. The molecule has 3 aromatic carbocycles. The van der Waals surface area contributed by atoms with Crippen LogP contribution in [0.1, 0.15) is 16.1 Å². The molecule has 4 nitrogen and oxygen atoms in total. The lowest BCUT2D eigenvalue weighted by molar-refractivity contribution is -0.137. The van der Waals surface area contributed by atoms with E-state index in [1.165, 1.54) is 16.8 Å². The molecule has 0 atom stereocenters. The third kappa shape index (κ3) is 4.10. The summed E-state index contributed by atoms with van der Waals surface area (Å²) in [5, 5.41) is 7.21. The van der Waals surface area contributed by atoms with Gasteiger partial charge in [-0.25, -0.2) is 4.68 Å². The first-order valence-electron chi connectivity index (χ1n) is 9.11. The zero-order valence-corrected chi connectivity index (χ0v) is 15.6. The van der Waals surface area contributed by atoms with E-state index in [2.05, 4.69) is 10.4 Å². The lowest BCUT2D eigenvalue weighted by atomic mass is 10.1. The molecule has 1 amide bonds. The van der Waals surface area contributed by atoms with E-state index in [0.29, 0.717) is 11.4 Å². The average Bonchev–Trinajstić information content (AvgIpc) is 3.20. The molecule has 30 heavy (non-hydrogen) atoms. The van der Waals surface area contributed by atoms with Crippen LogP contribution in [-0.2, 0) is 6.18 Å². The third-order valence-corrected chi connectivity index (χ3v) is 4.48. The number of halogens is 3. The Labute approximate surface area is 170 Å². The number of aromatic nitrogens is 2. The molecule has 0 aliphatic rings. The number of rotatable bonds is 4. The van der Waals surface area contributed by atoms with E-state index in [1.54, 1.807) is 6.07 Å². The van der Waals surface area contributed by atoms with E-state index in [4.69, 9.17) is 0 Å². The first kappa shape index (κ1) is 19.4. The summed E-state index contributed by atoms with van der Waals surface area (Å²) < 4.78 is 39.8. The van der Waals surface area contributed by atoms with Gasteiger partial charge in [0, 0.05) is 11.3 Å². The third-order valence-electron chi connectivity index (χ3n) is 4.48. The van der Waals surface area contributed by atoms with Crippen LogP contribution in [0.3, 0.4) is 0 Å². The monoisotopic (exact) mass is 407 g/mol. The van der Waals surface area contributed by atoms with Gasteiger partial charge in [-0.2, -0.15) is 18.3 Å². The van der Waals surface area contributed by atoms with Crippen molar-refractivity contribution < 1.29 is 18.0 Å². The molecule has 0 fully saturated rings. The van der Waals surface area contributed by atoms with Gasteiger partial charge < -0.3 is 5.32 Å². The number of amides is 1. The van der Waals surface area contributed by atoms with Crippen molar-refractivity contribution in [3.8, 4) is 16.9 Å². The standard InChI is InChI=1S/C23H16F3N3O/c24-23(25,26)17-11-13-18(14-12-17)27-22(30)21-15-20(16-7-3-1-4-8-16)28-29(21)19-9-5-2-6-10-19/h1-15H,(H,27,30). The predicted molar refractivity (Wildman–Crippen MR) is 108 cm³/mol. The Bertz CT molecular complexity index is 1150. The Kier molecular flexibility index (Phi) is 5.10. The van der Waals surface area contributed by atoms with Gasteiger partial charge in [-0.05, 0) is 42.5 Å². The topological polar surface area (TPSA) is 46.9 Å². The van der Waals surface area contributed by atoms with E-state index < -0.39 is 17.6 Å². The van der Waals surface area contributed by atoms with Crippen LogP contribution in [0.5, 0.6) is 0 Å². The normalized spacial score (nSPS) is 11.3. The summed E-state index contributed by atoms with van der Waals surface area (Å²) in [6.07, 6.45) is -4.43. The molecule has 1 aromatic heterocycles. The number of carbonyl (C=O) groups is 1. The summed E-state index contributed by atoms with van der Waals surface area (Å²) in [6.45, 7) is 0. The highest BCUT2D eigenvalue weighted by Crippen LogP contribution is 2.30. The Morgan fingerprint density at radius 1 is 0.833 bits per heavy atom. The fourth-order valence-electron chi connectivity index (χ4n) is 3.00. The predicted octanol–water partition coefficient (Wildman–Crippen LogP) is 5.81. The van der Waals surface area contributed by atoms with E-state index >= 15 is 0 Å². The highest BCUT2D eigenvalue weighted by atomic mass is 19.4. The molecule has 4 aromatic rings. The molecule has 0 unspecified atom stereocenters. The van der Waals surface area contributed by atoms with Gasteiger partial charge in [0.2, 0.25) is 0 Å². The van der Waals surface area contributed by atoms with Crippen LogP contribution in [0.2, 0.25) is 0 Å². The van der Waals surface area contributed by atoms with Crippen LogP contribution >= 0.6 is 0 Å². The van der Waals surface area contributed by atoms with E-state index in [1.807, 2.05) is 60.7 Å². The molecule has 0 saturated carbocycles. The number of para-hydroxylation sites is 1. The van der Waals surface area contributed by atoms with E-state index in [-0.39, 0.29) is 11.4 Å². The molecular formula is C23H16F3N3O. The molecule has 0 spiro atoms. The van der Waals surface area contributed by atoms with Crippen molar-refractivity contribution in [3.05, 3.63) is 102 Å². The summed E-state index contributed by atoms with van der Waals surface area (Å²) in [5.41, 5.74) is 1.89. The average molecular weight is 407 g/mol. The Morgan fingerprint density at radius 3 is 2.03 bits per heavy atom. The summed E-state index contributed by atoms with van der Waals surface area (Å²) in [5.74, 6) is -0.478. The van der Waals surface area contributed by atoms with Gasteiger partial charge in [-0.3, -0.25) is 4.79 Å². The second-order valence-electron chi connectivity index (χ2n) is 6.56. The second-order valence-corrected chi connectivity index (χ2v) is 6.56. The molecule has 0 bridgehead atoms. The number of benzene rings is 3. The van der Waals surface area contributed by atoms with Gasteiger partial charge in [-0.1, -0.05) is 48.5 Å². The van der Waals surface area contributed by atoms with Crippen LogP contribution in [0.4, 0.5) is 18.9 Å². The van der Waals surface area contributed by atoms with Gasteiger partial charge in [0.15, 0.2) is 0 Å². The summed E-state index contributed by atoms with van der Waals surface area (Å²) >= 11 is 0. The number of nitrogens with zero attached hydrogens (tertiary/aromatic N) is 2. The van der Waals surface area contributed by atoms with Gasteiger partial charge in [0.05, 0.1) is 16.9 Å². The van der Waals surface area contributed by atoms with Crippen LogP contribution in [0.25, 0.3) is 16.9 Å². The molecule has 7 heteroatoms. The molecule has 1 N–H and O–H groups in total. The number of alkyl halides is 3. The second kappa shape index (κ2) is 7.87. The fourth-order valence-corrected chi connectivity index (χ4v) is 3.00. The summed E-state index contributed by atoms with van der Waals surface area (Å²) in [7, 11) is 0. The van der Waals surface area contributed by atoms with Crippen molar-refractivity contribution in [1.29, 1.82) is 0 Å². The first-order valence-corrected chi connectivity index (χ1v) is 9.11. The molecule has 0 aliphatic carbocycles. The minimum atomic E-state index is -4.43. The zero-order chi connectivity index (χ0) is 21.1. The van der Waals surface area contributed by atoms with Crippen LogP contribution in [-0.4, -0.2) is 15.7 Å². The molecule has 1 heterocycles. The van der Waals surface area contributed by atoms with Crippen molar-refractivity contribution in [1.82, 2.24) is 9.78 Å². The minimum Gasteiger partial charge on any atom is -0.321 e. The first-order chi connectivity index (χ1) is 14.4. The maximum atomic E-state index is 12.9. The van der Waals surface area contributed by atoms with Crippen molar-refractivity contribution >= 4 is 11.6 Å². The van der Waals surface area contributed by atoms with Crippen molar-refractivity contribution in [2.24, 2.45) is 0 Å². The number of carbonyl (C=O) groups excluding carboxylic acids is 1. The number of anilines is 1. The summed E-state index contributed by atoms with van der Waals surface area (Å²) in [6, 6.07) is 24.5. The summed E-state index contributed by atoms with van der Waals surface area (Å²) in [4.78, 5) is 12.9. The molecule has 0 radical (unpaired) electrons. The number of hydrogen-bond acceptors (Lipinski definition) is 2. The molecule has 0 saturated heterocycles. The lowest BCUT2D eigenvalue weighted by Crippen LogP contribution is -2.17. The van der Waals surface area contributed by atoms with Crippen molar-refractivity contribution in [3.63, 3.8) is 0 Å². The largest absolute Gasteiger partial charge is 0.416 e. The van der Waals surface area contributed by atoms with Gasteiger partial charge in [-0.15, -0.1) is 0 Å². The van der Waals surface area contributed by atoms with Crippen LogP contribution < -0.4 is 5.32 Å². The molecule has 150 valence electrons. The Hall–Kier alpha value is -3.87. The van der Waals surface area contributed by atoms with E-state index in [0.717, 1.165) is 17.7 Å². The fraction of sp³-hybridized carbons (Fsp3) is 0.0435.